The molecular formula is C13H18O3. The summed E-state index contributed by atoms with van der Waals surface area (Å²) < 4.78 is 21.8. The lowest BCUT2D eigenvalue weighted by Crippen LogP contribution is -2.21. The van der Waals surface area contributed by atoms with Crippen LogP contribution in [0.3, 0.4) is 0 Å². The predicted octanol–water partition coefficient (Wildman–Crippen LogP) is 2.19. The average molecular weight is 226 g/mol. The molecule has 0 spiro atoms. The molecule has 16 heavy (non-hydrogen) atoms. The van der Waals surface area contributed by atoms with E-state index in [9.17, 15) is 9.90 Å². The van der Waals surface area contributed by atoms with E-state index in [4.69, 9.17) is 9.22 Å². The summed E-state index contributed by atoms with van der Waals surface area (Å²) in [5.41, 5.74) is 0.204. The Morgan fingerprint density at radius 1 is 1.44 bits per heavy atom. The zero-order valence-electron chi connectivity index (χ0n) is 12.4. The van der Waals surface area contributed by atoms with Crippen LogP contribution in [-0.2, 0) is 11.2 Å². The molecule has 0 aliphatic carbocycles. The van der Waals surface area contributed by atoms with Crippen molar-refractivity contribution in [2.75, 3.05) is 0 Å². The highest BCUT2D eigenvalue weighted by Crippen LogP contribution is 2.18. The molecule has 1 aromatic carbocycles. The van der Waals surface area contributed by atoms with Gasteiger partial charge >= 0.3 is 5.97 Å². The molecule has 0 aliphatic heterocycles. The highest BCUT2D eigenvalue weighted by Gasteiger charge is 2.15. The minimum Gasteiger partial charge on any atom is -0.481 e. The Balaban J connectivity index is 3.00. The number of carbonyl (C=O) groups is 1. The van der Waals surface area contributed by atoms with Crippen molar-refractivity contribution < 1.29 is 19.1 Å². The summed E-state index contributed by atoms with van der Waals surface area (Å²) >= 11 is 0. The van der Waals surface area contributed by atoms with E-state index >= 15 is 0 Å². The fourth-order valence-electron chi connectivity index (χ4n) is 1.47. The van der Waals surface area contributed by atoms with E-state index in [-0.39, 0.29) is 5.56 Å². The van der Waals surface area contributed by atoms with Gasteiger partial charge in [0.1, 0.15) is 0 Å². The second-order valence-corrected chi connectivity index (χ2v) is 4.50. The first kappa shape index (κ1) is 8.76. The molecule has 88 valence electrons. The average Bonchev–Trinajstić information content (AvgIpc) is 2.15. The Kier molecular flexibility index (Phi) is 2.55. The largest absolute Gasteiger partial charge is 0.481 e. The summed E-state index contributed by atoms with van der Waals surface area (Å²) in [5, 5.41) is 18.7. The van der Waals surface area contributed by atoms with Crippen molar-refractivity contribution in [3.05, 3.63) is 35.4 Å². The van der Waals surface area contributed by atoms with Crippen LogP contribution >= 0.6 is 0 Å². The Morgan fingerprint density at radius 2 is 2.00 bits per heavy atom. The first-order valence-electron chi connectivity index (χ1n) is 6.55. The van der Waals surface area contributed by atoms with Crippen LogP contribution < -0.4 is 0 Å². The molecule has 1 rings (SSSR count). The van der Waals surface area contributed by atoms with Gasteiger partial charge in [-0.05, 0) is 31.8 Å². The topological polar surface area (TPSA) is 57.5 Å². The number of carboxylic acid groups (broad SMARTS) is 1. The predicted molar refractivity (Wildman–Crippen MR) is 62.5 cm³/mol. The summed E-state index contributed by atoms with van der Waals surface area (Å²) in [6, 6.07) is 6.28. The van der Waals surface area contributed by atoms with E-state index < -0.39 is 24.3 Å². The summed E-state index contributed by atoms with van der Waals surface area (Å²) in [6.45, 7) is 0.760. The molecule has 0 aliphatic rings. The number of hydrogen-bond acceptors (Lipinski definition) is 2. The minimum atomic E-state index is -2.58. The molecule has 0 saturated carbocycles. The van der Waals surface area contributed by atoms with E-state index in [2.05, 4.69) is 0 Å². The van der Waals surface area contributed by atoms with Gasteiger partial charge in [-0.2, -0.15) is 0 Å². The molecule has 1 unspecified atom stereocenters. The van der Waals surface area contributed by atoms with Crippen molar-refractivity contribution in [1.82, 2.24) is 0 Å². The van der Waals surface area contributed by atoms with Crippen molar-refractivity contribution >= 4 is 5.97 Å². The fraction of sp³-hybridized carbons (Fsp3) is 0.462. The lowest BCUT2D eigenvalue weighted by molar-refractivity contribution is -0.138. The van der Waals surface area contributed by atoms with Gasteiger partial charge in [-0.1, -0.05) is 24.3 Å². The van der Waals surface area contributed by atoms with Gasteiger partial charge in [0.25, 0.3) is 0 Å². The minimum absolute atomic E-state index is 0.243. The van der Waals surface area contributed by atoms with Crippen LogP contribution in [0.15, 0.2) is 24.3 Å². The van der Waals surface area contributed by atoms with Crippen LogP contribution in [0, 0.1) is 0 Å². The molecule has 1 atom stereocenters. The number of aliphatic hydroxyl groups is 1. The second-order valence-electron chi connectivity index (χ2n) is 4.50. The maximum absolute atomic E-state index is 11.1. The third-order valence-corrected chi connectivity index (χ3v) is 2.20. The summed E-state index contributed by atoms with van der Waals surface area (Å²) in [7, 11) is 0. The van der Waals surface area contributed by atoms with Gasteiger partial charge in [-0.3, -0.25) is 4.79 Å². The van der Waals surface area contributed by atoms with Crippen LogP contribution in [0.4, 0.5) is 0 Å². The molecule has 0 bridgehead atoms. The Hall–Kier alpha value is -1.35. The fourth-order valence-corrected chi connectivity index (χ4v) is 1.47. The lowest BCUT2D eigenvalue weighted by Gasteiger charge is -2.17. The van der Waals surface area contributed by atoms with E-state index in [1.54, 1.807) is 26.0 Å². The van der Waals surface area contributed by atoms with E-state index in [1.807, 2.05) is 0 Å². The number of aliphatic carboxylic acids is 1. The molecule has 0 aromatic heterocycles. The normalized spacial score (nSPS) is 17.1. The lowest BCUT2D eigenvalue weighted by atomic mass is 9.96. The molecule has 1 aromatic rings. The highest BCUT2D eigenvalue weighted by atomic mass is 16.4. The molecule has 0 amide bonds. The van der Waals surface area contributed by atoms with E-state index in [1.165, 1.54) is 12.1 Å². The van der Waals surface area contributed by atoms with Crippen molar-refractivity contribution in [3.8, 4) is 0 Å². The smallest absolute Gasteiger partial charge is 0.310 e. The Morgan fingerprint density at radius 3 is 2.38 bits per heavy atom. The van der Waals surface area contributed by atoms with Crippen molar-refractivity contribution in [2.45, 2.75) is 38.6 Å². The van der Waals surface area contributed by atoms with Gasteiger partial charge in [0.15, 0.2) is 0 Å². The van der Waals surface area contributed by atoms with Crippen LogP contribution in [-0.4, -0.2) is 21.8 Å². The number of carboxylic acids is 1. The monoisotopic (exact) mass is 226 g/mol. The van der Waals surface area contributed by atoms with Gasteiger partial charge in [0.05, 0.1) is 11.5 Å². The van der Waals surface area contributed by atoms with Gasteiger partial charge in [-0.15, -0.1) is 0 Å². The van der Waals surface area contributed by atoms with Crippen molar-refractivity contribution in [2.24, 2.45) is 0 Å². The highest BCUT2D eigenvalue weighted by molar-refractivity contribution is 5.75. The molecular weight excluding hydrogens is 205 g/mol. The summed E-state index contributed by atoms with van der Waals surface area (Å²) in [5.74, 6) is -2.89. The third kappa shape index (κ3) is 3.66. The Bertz CT molecular complexity index is 444. The molecule has 3 nitrogen and oxygen atoms in total. The van der Waals surface area contributed by atoms with Gasteiger partial charge < -0.3 is 10.2 Å². The van der Waals surface area contributed by atoms with Crippen LogP contribution in [0.1, 0.15) is 41.9 Å². The van der Waals surface area contributed by atoms with Gasteiger partial charge in [0, 0.05) is 10.5 Å². The standard InChI is InChI=1S/C13H18O3/c1-9(12(14)15)11-6-4-10(5-7-11)8-13(2,3)16/h4-7,9,16H,8H2,1-3H3,(H,14,15)/i1+1D3. The van der Waals surface area contributed by atoms with Crippen LogP contribution in [0.2, 0.25) is 0 Å². The molecule has 3 heteroatoms. The number of benzene rings is 1. The number of rotatable bonds is 4. The second kappa shape index (κ2) is 4.66. The van der Waals surface area contributed by atoms with Crippen molar-refractivity contribution in [3.63, 3.8) is 0 Å². The summed E-state index contributed by atoms with van der Waals surface area (Å²) in [6.07, 6.45) is 0.415. The number of hydrogen-bond donors (Lipinski definition) is 2. The molecule has 2 N–H and O–H groups in total. The quantitative estimate of drug-likeness (QED) is 0.774. The van der Waals surface area contributed by atoms with Crippen LogP contribution in [0.25, 0.3) is 0 Å². The van der Waals surface area contributed by atoms with Gasteiger partial charge in [0.2, 0.25) is 0 Å². The first-order valence-corrected chi connectivity index (χ1v) is 5.05. The Labute approximate surface area is 100.0 Å². The maximum atomic E-state index is 11.1. The first-order chi connectivity index (χ1) is 8.50. The van der Waals surface area contributed by atoms with Crippen LogP contribution in [0.5, 0.6) is 0 Å². The molecule has 0 saturated heterocycles. The van der Waals surface area contributed by atoms with E-state index in [0.717, 1.165) is 5.56 Å². The maximum Gasteiger partial charge on any atom is 0.310 e. The SMILES string of the molecule is [2H][13C]([2H])([2H])C(C(=O)O)c1ccc(CC(C)(C)O)cc1. The van der Waals surface area contributed by atoms with Crippen molar-refractivity contribution in [1.29, 1.82) is 0 Å². The van der Waals surface area contributed by atoms with Gasteiger partial charge in [-0.25, -0.2) is 0 Å². The molecule has 0 fully saturated rings. The zero-order chi connectivity index (χ0) is 14.8. The van der Waals surface area contributed by atoms with E-state index in [0.29, 0.717) is 6.42 Å². The zero-order valence-corrected chi connectivity index (χ0v) is 9.40. The summed E-state index contributed by atoms with van der Waals surface area (Å²) in [4.78, 5) is 11.1. The molecule has 0 radical (unpaired) electrons. The molecule has 0 heterocycles. The third-order valence-electron chi connectivity index (χ3n) is 2.20.